The molecule has 1 atom stereocenters. The van der Waals surface area contributed by atoms with E-state index >= 15 is 0 Å². The molecule has 0 amide bonds. The summed E-state index contributed by atoms with van der Waals surface area (Å²) >= 11 is 12.1. The van der Waals surface area contributed by atoms with Gasteiger partial charge in [-0.3, -0.25) is 4.99 Å². The van der Waals surface area contributed by atoms with Gasteiger partial charge in [0, 0.05) is 28.9 Å². The second-order valence-electron chi connectivity index (χ2n) is 4.07. The van der Waals surface area contributed by atoms with E-state index in [1.54, 1.807) is 6.07 Å². The van der Waals surface area contributed by atoms with Gasteiger partial charge in [0.15, 0.2) is 5.90 Å². The molecule has 1 aliphatic rings. The fraction of sp³-hybridized carbons (Fsp3) is 0.462. The summed E-state index contributed by atoms with van der Waals surface area (Å²) in [6.45, 7) is 3.41. The zero-order valence-electron chi connectivity index (χ0n) is 9.75. The fourth-order valence-corrected chi connectivity index (χ4v) is 2.61. The van der Waals surface area contributed by atoms with Crippen molar-refractivity contribution in [1.82, 2.24) is 0 Å². The van der Waals surface area contributed by atoms with Crippen molar-refractivity contribution in [3.8, 4) is 0 Å². The largest absolute Gasteiger partial charge is 0.481 e. The first-order valence-electron chi connectivity index (χ1n) is 5.81. The first-order chi connectivity index (χ1) is 8.20. The summed E-state index contributed by atoms with van der Waals surface area (Å²) < 4.78 is 5.41. The maximum Gasteiger partial charge on any atom is 0.183 e. The molecule has 1 aliphatic heterocycles. The highest BCUT2D eigenvalue weighted by atomic mass is 35.5. The first kappa shape index (κ1) is 12.7. The second kappa shape index (κ2) is 5.74. The number of halogens is 2. The van der Waals surface area contributed by atoms with Crippen LogP contribution in [0.5, 0.6) is 0 Å². The van der Waals surface area contributed by atoms with Crippen molar-refractivity contribution in [2.75, 3.05) is 13.2 Å². The minimum absolute atomic E-state index is 0.379. The third kappa shape index (κ3) is 3.14. The Balaban J connectivity index is 2.10. The van der Waals surface area contributed by atoms with E-state index in [0.717, 1.165) is 35.9 Å². The van der Waals surface area contributed by atoms with E-state index in [4.69, 9.17) is 27.9 Å². The molecular formula is C13H15Cl2NO. The molecule has 0 aliphatic carbocycles. The van der Waals surface area contributed by atoms with E-state index in [9.17, 15) is 0 Å². The SMILES string of the molecule is CCOC1=NC[C@@H](c2ccc(Cl)cc2Cl)CC1. The molecule has 4 heteroatoms. The maximum atomic E-state index is 6.20. The highest BCUT2D eigenvalue weighted by Gasteiger charge is 2.20. The molecule has 1 heterocycles. The number of benzene rings is 1. The number of rotatable bonds is 2. The quantitative estimate of drug-likeness (QED) is 0.786. The zero-order valence-corrected chi connectivity index (χ0v) is 11.3. The van der Waals surface area contributed by atoms with Crippen molar-refractivity contribution in [3.05, 3.63) is 33.8 Å². The molecule has 0 bridgehead atoms. The number of hydrogen-bond donors (Lipinski definition) is 0. The minimum Gasteiger partial charge on any atom is -0.481 e. The van der Waals surface area contributed by atoms with Crippen molar-refractivity contribution in [2.45, 2.75) is 25.7 Å². The Bertz CT molecular complexity index is 431. The van der Waals surface area contributed by atoms with E-state index in [2.05, 4.69) is 4.99 Å². The number of nitrogens with zero attached hydrogens (tertiary/aromatic N) is 1. The van der Waals surface area contributed by atoms with Crippen LogP contribution in [0.25, 0.3) is 0 Å². The van der Waals surface area contributed by atoms with Crippen LogP contribution in [-0.2, 0) is 4.74 Å². The molecule has 0 N–H and O–H groups in total. The number of hydrogen-bond acceptors (Lipinski definition) is 2. The predicted molar refractivity (Wildman–Crippen MR) is 72.4 cm³/mol. The first-order valence-corrected chi connectivity index (χ1v) is 6.57. The van der Waals surface area contributed by atoms with Gasteiger partial charge in [-0.25, -0.2) is 0 Å². The molecule has 0 saturated heterocycles. The molecule has 0 spiro atoms. The van der Waals surface area contributed by atoms with Crippen molar-refractivity contribution in [2.24, 2.45) is 4.99 Å². The molecule has 0 radical (unpaired) electrons. The molecule has 92 valence electrons. The lowest BCUT2D eigenvalue weighted by atomic mass is 9.92. The van der Waals surface area contributed by atoms with Crippen molar-refractivity contribution in [3.63, 3.8) is 0 Å². The fourth-order valence-electron chi connectivity index (χ4n) is 2.05. The van der Waals surface area contributed by atoms with Gasteiger partial charge >= 0.3 is 0 Å². The van der Waals surface area contributed by atoms with Gasteiger partial charge in [0.1, 0.15) is 0 Å². The van der Waals surface area contributed by atoms with Crippen LogP contribution in [0, 0.1) is 0 Å². The molecular weight excluding hydrogens is 257 g/mol. The summed E-state index contributed by atoms with van der Waals surface area (Å²) in [6, 6.07) is 5.67. The molecule has 1 aromatic carbocycles. The third-order valence-corrected chi connectivity index (χ3v) is 3.47. The van der Waals surface area contributed by atoms with Crippen LogP contribution in [0.1, 0.15) is 31.2 Å². The van der Waals surface area contributed by atoms with Crippen molar-refractivity contribution < 1.29 is 4.74 Å². The Morgan fingerprint density at radius 3 is 2.82 bits per heavy atom. The van der Waals surface area contributed by atoms with E-state index < -0.39 is 0 Å². The van der Waals surface area contributed by atoms with Crippen molar-refractivity contribution in [1.29, 1.82) is 0 Å². The van der Waals surface area contributed by atoms with Crippen LogP contribution in [-0.4, -0.2) is 19.0 Å². The Morgan fingerprint density at radius 2 is 2.24 bits per heavy atom. The van der Waals surface area contributed by atoms with Crippen LogP contribution < -0.4 is 0 Å². The summed E-state index contributed by atoms with van der Waals surface area (Å²) in [5, 5.41) is 1.41. The summed E-state index contributed by atoms with van der Waals surface area (Å²) in [5.74, 6) is 1.25. The lowest BCUT2D eigenvalue weighted by molar-refractivity contribution is 0.307. The number of ether oxygens (including phenoxy) is 1. The van der Waals surface area contributed by atoms with Gasteiger partial charge in [-0.15, -0.1) is 0 Å². The van der Waals surface area contributed by atoms with E-state index in [0.29, 0.717) is 17.5 Å². The third-order valence-electron chi connectivity index (χ3n) is 2.91. The smallest absolute Gasteiger partial charge is 0.183 e. The molecule has 0 unspecified atom stereocenters. The van der Waals surface area contributed by atoms with Gasteiger partial charge in [-0.2, -0.15) is 0 Å². The average Bonchev–Trinajstić information content (AvgIpc) is 2.31. The van der Waals surface area contributed by atoms with E-state index in [-0.39, 0.29) is 0 Å². The summed E-state index contributed by atoms with van der Waals surface area (Å²) in [6.07, 6.45) is 1.91. The average molecular weight is 272 g/mol. The topological polar surface area (TPSA) is 21.6 Å². The summed E-state index contributed by atoms with van der Waals surface area (Å²) in [5.41, 5.74) is 1.13. The van der Waals surface area contributed by atoms with Crippen LogP contribution in [0.2, 0.25) is 10.0 Å². The van der Waals surface area contributed by atoms with Gasteiger partial charge in [0.25, 0.3) is 0 Å². The van der Waals surface area contributed by atoms with Crippen LogP contribution >= 0.6 is 23.2 Å². The van der Waals surface area contributed by atoms with Gasteiger partial charge in [-0.1, -0.05) is 29.3 Å². The second-order valence-corrected chi connectivity index (χ2v) is 4.91. The monoisotopic (exact) mass is 271 g/mol. The molecule has 2 nitrogen and oxygen atoms in total. The summed E-state index contributed by atoms with van der Waals surface area (Å²) in [4.78, 5) is 4.44. The molecule has 0 saturated carbocycles. The van der Waals surface area contributed by atoms with Gasteiger partial charge < -0.3 is 4.74 Å². The lowest BCUT2D eigenvalue weighted by Crippen LogP contribution is -2.17. The molecule has 0 fully saturated rings. The standard InChI is InChI=1S/C13H15Cl2NO/c1-2-17-13-6-3-9(8-16-13)11-5-4-10(14)7-12(11)15/h4-5,7,9H,2-3,6,8H2,1H3/t9-/m0/s1. The number of aliphatic imine (C=N–C) groups is 1. The van der Waals surface area contributed by atoms with Gasteiger partial charge in [0.2, 0.25) is 0 Å². The van der Waals surface area contributed by atoms with E-state index in [1.165, 1.54) is 0 Å². The zero-order chi connectivity index (χ0) is 12.3. The lowest BCUT2D eigenvalue weighted by Gasteiger charge is -2.22. The molecule has 1 aromatic rings. The van der Waals surface area contributed by atoms with E-state index in [1.807, 2.05) is 19.1 Å². The highest BCUT2D eigenvalue weighted by molar-refractivity contribution is 6.35. The molecule has 2 rings (SSSR count). The molecule has 17 heavy (non-hydrogen) atoms. The normalized spacial score (nSPS) is 19.9. The van der Waals surface area contributed by atoms with Gasteiger partial charge in [0.05, 0.1) is 6.61 Å². The van der Waals surface area contributed by atoms with Crippen molar-refractivity contribution >= 4 is 29.1 Å². The highest BCUT2D eigenvalue weighted by Crippen LogP contribution is 2.32. The Labute approximate surface area is 112 Å². The Morgan fingerprint density at radius 1 is 1.41 bits per heavy atom. The predicted octanol–water partition coefficient (Wildman–Crippen LogP) is 4.31. The van der Waals surface area contributed by atoms with Crippen LogP contribution in [0.3, 0.4) is 0 Å². The summed E-state index contributed by atoms with van der Waals surface area (Å²) in [7, 11) is 0. The van der Waals surface area contributed by atoms with Gasteiger partial charge in [-0.05, 0) is 31.0 Å². The Hall–Kier alpha value is -0.730. The molecule has 0 aromatic heterocycles. The maximum absolute atomic E-state index is 6.20. The Kier molecular flexibility index (Phi) is 4.30. The minimum atomic E-state index is 0.379. The van der Waals surface area contributed by atoms with Crippen LogP contribution in [0.4, 0.5) is 0 Å². The van der Waals surface area contributed by atoms with Crippen LogP contribution in [0.15, 0.2) is 23.2 Å².